The molecule has 2 N–H and O–H groups in total. The molecule has 1 aliphatic rings. The standard InChI is InChI=1S/C25H22ClF3N8O3/c1-14(12-37-13-33-35-36-37)39-21-9-15(2-5-20(21)26)17-10-31-24(32-11-17)34-18-3-4-19-16(8-18)6-7-30-22(19)40-23(38)25(27,28)29/h2-5,8-11,13-14,22,30H,6-7,12H2,1H3,(H,31,32,34)/t14-,22?/m0/s1. The molecule has 2 aromatic heterocycles. The Morgan fingerprint density at radius 2 is 2.00 bits per heavy atom. The molecule has 5 rings (SSSR count). The average Bonchev–Trinajstić information content (AvgIpc) is 3.43. The summed E-state index contributed by atoms with van der Waals surface area (Å²) in [6.45, 7) is 2.66. The molecule has 11 nitrogen and oxygen atoms in total. The van der Waals surface area contributed by atoms with Crippen LogP contribution in [0.1, 0.15) is 24.3 Å². The summed E-state index contributed by atoms with van der Waals surface area (Å²) in [5.74, 6) is -1.44. The molecule has 0 saturated heterocycles. The maximum atomic E-state index is 12.6. The van der Waals surface area contributed by atoms with Crippen molar-refractivity contribution in [2.75, 3.05) is 11.9 Å². The van der Waals surface area contributed by atoms with Gasteiger partial charge in [-0.1, -0.05) is 23.7 Å². The number of benzene rings is 2. The number of nitrogens with zero attached hydrogens (tertiary/aromatic N) is 6. The maximum absolute atomic E-state index is 12.6. The number of ether oxygens (including phenoxy) is 2. The van der Waals surface area contributed by atoms with Gasteiger partial charge in [-0.3, -0.25) is 5.32 Å². The first kappa shape index (κ1) is 27.3. The highest BCUT2D eigenvalue weighted by Gasteiger charge is 2.43. The van der Waals surface area contributed by atoms with Crippen molar-refractivity contribution in [1.29, 1.82) is 0 Å². The lowest BCUT2D eigenvalue weighted by Crippen LogP contribution is -2.36. The van der Waals surface area contributed by atoms with E-state index in [1.165, 1.54) is 6.33 Å². The number of carbonyl (C=O) groups is 1. The second-order valence-corrected chi connectivity index (χ2v) is 9.33. The molecule has 3 heterocycles. The van der Waals surface area contributed by atoms with Crippen molar-refractivity contribution in [3.05, 3.63) is 71.3 Å². The first-order valence-corrected chi connectivity index (χ1v) is 12.4. The number of fused-ring (bicyclic) bond motifs is 1. The van der Waals surface area contributed by atoms with Crippen LogP contribution in [0.5, 0.6) is 5.75 Å². The molecule has 0 amide bonds. The van der Waals surface area contributed by atoms with Crippen molar-refractivity contribution in [3.8, 4) is 16.9 Å². The number of aromatic nitrogens is 6. The molecular formula is C25H22ClF3N8O3. The second-order valence-electron chi connectivity index (χ2n) is 8.93. The van der Waals surface area contributed by atoms with Crippen LogP contribution < -0.4 is 15.4 Å². The highest BCUT2D eigenvalue weighted by Crippen LogP contribution is 2.32. The minimum Gasteiger partial charge on any atom is -0.487 e. The fourth-order valence-corrected chi connectivity index (χ4v) is 4.27. The summed E-state index contributed by atoms with van der Waals surface area (Å²) in [5.41, 5.74) is 3.35. The second kappa shape index (κ2) is 11.4. The third-order valence-electron chi connectivity index (χ3n) is 5.94. The van der Waals surface area contributed by atoms with E-state index in [0.29, 0.717) is 47.5 Å². The quantitative estimate of drug-likeness (QED) is 0.295. The molecule has 2 aromatic carbocycles. The molecule has 0 saturated carbocycles. The van der Waals surface area contributed by atoms with E-state index < -0.39 is 18.4 Å². The Kier molecular flexibility index (Phi) is 7.80. The van der Waals surface area contributed by atoms with Crippen molar-refractivity contribution in [1.82, 2.24) is 35.5 Å². The van der Waals surface area contributed by atoms with E-state index >= 15 is 0 Å². The number of alkyl halides is 3. The number of hydrogen-bond acceptors (Lipinski definition) is 10. The Bertz CT molecular complexity index is 1490. The van der Waals surface area contributed by atoms with Gasteiger partial charge in [-0.05, 0) is 59.2 Å². The smallest absolute Gasteiger partial charge is 0.487 e. The molecule has 15 heteroatoms. The summed E-state index contributed by atoms with van der Waals surface area (Å²) >= 11 is 6.34. The zero-order valence-electron chi connectivity index (χ0n) is 20.9. The Morgan fingerprint density at radius 3 is 2.73 bits per heavy atom. The van der Waals surface area contributed by atoms with Gasteiger partial charge >= 0.3 is 12.1 Å². The van der Waals surface area contributed by atoms with E-state index in [1.54, 1.807) is 47.4 Å². The van der Waals surface area contributed by atoms with Gasteiger partial charge in [0.25, 0.3) is 0 Å². The average molecular weight is 575 g/mol. The van der Waals surface area contributed by atoms with Crippen LogP contribution in [0, 0.1) is 0 Å². The van der Waals surface area contributed by atoms with Crippen LogP contribution in [0.25, 0.3) is 11.1 Å². The van der Waals surface area contributed by atoms with Crippen LogP contribution in [0.3, 0.4) is 0 Å². The van der Waals surface area contributed by atoms with E-state index in [0.717, 1.165) is 16.7 Å². The van der Waals surface area contributed by atoms with Crippen molar-refractivity contribution in [2.45, 2.75) is 38.4 Å². The highest BCUT2D eigenvalue weighted by molar-refractivity contribution is 6.32. The molecule has 4 aromatic rings. The van der Waals surface area contributed by atoms with Gasteiger partial charge in [0.05, 0.1) is 11.6 Å². The van der Waals surface area contributed by atoms with E-state index in [1.807, 2.05) is 13.0 Å². The van der Waals surface area contributed by atoms with Crippen molar-refractivity contribution in [3.63, 3.8) is 0 Å². The van der Waals surface area contributed by atoms with Crippen molar-refractivity contribution in [2.24, 2.45) is 0 Å². The van der Waals surface area contributed by atoms with Crippen molar-refractivity contribution >= 4 is 29.2 Å². The van der Waals surface area contributed by atoms with Crippen molar-refractivity contribution < 1.29 is 27.4 Å². The normalized spacial score (nSPS) is 15.7. The largest absolute Gasteiger partial charge is 0.490 e. The number of hydrogen-bond donors (Lipinski definition) is 2. The van der Waals surface area contributed by atoms with Gasteiger partial charge in [0, 0.05) is 35.8 Å². The lowest BCUT2D eigenvalue weighted by molar-refractivity contribution is -0.207. The molecule has 0 spiro atoms. The predicted octanol–water partition coefficient (Wildman–Crippen LogP) is 4.24. The fraction of sp³-hybridized carbons (Fsp3) is 0.280. The van der Waals surface area contributed by atoms with Crippen LogP contribution in [-0.2, 0) is 22.5 Å². The summed E-state index contributed by atoms with van der Waals surface area (Å²) in [4.78, 5) is 20.0. The predicted molar refractivity (Wildman–Crippen MR) is 137 cm³/mol. The van der Waals surface area contributed by atoms with Gasteiger partial charge in [-0.2, -0.15) is 13.2 Å². The molecule has 1 aliphatic heterocycles. The highest BCUT2D eigenvalue weighted by atomic mass is 35.5. The van der Waals surface area contributed by atoms with Gasteiger partial charge in [-0.15, -0.1) is 5.10 Å². The number of nitrogens with one attached hydrogen (secondary N) is 2. The third kappa shape index (κ3) is 6.46. The van der Waals surface area contributed by atoms with Gasteiger partial charge in [0.15, 0.2) is 6.23 Å². The number of carbonyl (C=O) groups excluding carboxylic acids is 1. The molecule has 0 aliphatic carbocycles. The van der Waals surface area contributed by atoms with Gasteiger partial charge in [0.2, 0.25) is 5.95 Å². The number of halogens is 4. The molecule has 0 bridgehead atoms. The molecule has 0 fully saturated rings. The zero-order valence-corrected chi connectivity index (χ0v) is 21.6. The molecule has 40 heavy (non-hydrogen) atoms. The third-order valence-corrected chi connectivity index (χ3v) is 6.25. The Labute approximate surface area is 230 Å². The SMILES string of the molecule is C[C@@H](Cn1cnnn1)Oc1cc(-c2cnc(Nc3ccc4c(c3)CCNC4OC(=O)C(F)(F)F)nc2)ccc1Cl. The van der Waals surface area contributed by atoms with Crippen LogP contribution in [0.15, 0.2) is 55.1 Å². The molecule has 1 unspecified atom stereocenters. The number of tetrazole rings is 1. The number of anilines is 2. The number of esters is 1. The molecule has 2 atom stereocenters. The fourth-order valence-electron chi connectivity index (χ4n) is 4.11. The van der Waals surface area contributed by atoms with Crippen LogP contribution in [0.4, 0.5) is 24.8 Å². The lowest BCUT2D eigenvalue weighted by atomic mass is 9.99. The zero-order chi connectivity index (χ0) is 28.3. The van der Waals surface area contributed by atoms with E-state index in [4.69, 9.17) is 16.3 Å². The Hall–Kier alpha value is -4.30. The topological polar surface area (TPSA) is 129 Å². The summed E-state index contributed by atoms with van der Waals surface area (Å²) in [6, 6.07) is 10.4. The minimum absolute atomic E-state index is 0.251. The molecule has 0 radical (unpaired) electrons. The van der Waals surface area contributed by atoms with Crippen LogP contribution in [0.2, 0.25) is 5.02 Å². The number of rotatable bonds is 8. The Morgan fingerprint density at radius 1 is 1.20 bits per heavy atom. The van der Waals surface area contributed by atoms with Crippen LogP contribution in [-0.4, -0.2) is 55.0 Å². The lowest BCUT2D eigenvalue weighted by Gasteiger charge is -2.27. The van der Waals surface area contributed by atoms with Gasteiger partial charge in [-0.25, -0.2) is 19.4 Å². The summed E-state index contributed by atoms with van der Waals surface area (Å²) in [5, 5.41) is 17.4. The molecule has 208 valence electrons. The first-order chi connectivity index (χ1) is 19.2. The summed E-state index contributed by atoms with van der Waals surface area (Å²) in [7, 11) is 0. The Balaban J connectivity index is 1.25. The maximum Gasteiger partial charge on any atom is 0.490 e. The summed E-state index contributed by atoms with van der Waals surface area (Å²) in [6.07, 6.45) is -1.18. The van der Waals surface area contributed by atoms with E-state index in [2.05, 4.69) is 40.9 Å². The van der Waals surface area contributed by atoms with Crippen LogP contribution >= 0.6 is 11.6 Å². The van der Waals surface area contributed by atoms with E-state index in [-0.39, 0.29) is 6.10 Å². The first-order valence-electron chi connectivity index (χ1n) is 12.1. The van der Waals surface area contributed by atoms with Gasteiger partial charge < -0.3 is 14.8 Å². The monoisotopic (exact) mass is 574 g/mol. The molecular weight excluding hydrogens is 553 g/mol. The minimum atomic E-state index is -5.07. The summed E-state index contributed by atoms with van der Waals surface area (Å²) < 4.78 is 50.0. The van der Waals surface area contributed by atoms with Gasteiger partial charge in [0.1, 0.15) is 18.2 Å². The van der Waals surface area contributed by atoms with E-state index in [9.17, 15) is 18.0 Å².